The number of carbonyl (C=O) groups is 1. The molecule has 0 saturated heterocycles. The van der Waals surface area contributed by atoms with Crippen LogP contribution in [0.15, 0.2) is 24.3 Å². The molecule has 2 heteroatoms. The highest BCUT2D eigenvalue weighted by atomic mass is 16.4. The van der Waals surface area contributed by atoms with Crippen LogP contribution >= 0.6 is 0 Å². The maximum Gasteiger partial charge on any atom is 0.309 e. The number of rotatable bonds is 3. The number of hydrogen-bond acceptors (Lipinski definition) is 1. The van der Waals surface area contributed by atoms with Gasteiger partial charge in [-0.15, -0.1) is 0 Å². The standard InChI is InChI=1S/C12H14O2/c1-9-3-2-4-10(7-9)8-12(5-6-12)11(13)14/h2-4,7H,5-6,8H2,1H3,(H,13,14). The quantitative estimate of drug-likeness (QED) is 0.794. The summed E-state index contributed by atoms with van der Waals surface area (Å²) in [6.07, 6.45) is 2.34. The molecular weight excluding hydrogens is 176 g/mol. The molecule has 2 nitrogen and oxygen atoms in total. The molecule has 1 saturated carbocycles. The van der Waals surface area contributed by atoms with Crippen molar-refractivity contribution in [3.63, 3.8) is 0 Å². The average molecular weight is 190 g/mol. The molecule has 0 aromatic heterocycles. The first-order chi connectivity index (χ1) is 6.62. The Balaban J connectivity index is 2.15. The summed E-state index contributed by atoms with van der Waals surface area (Å²) in [5.74, 6) is -0.640. The molecule has 1 aliphatic rings. The predicted molar refractivity (Wildman–Crippen MR) is 54.2 cm³/mol. The van der Waals surface area contributed by atoms with Crippen molar-refractivity contribution in [2.45, 2.75) is 26.2 Å². The molecule has 14 heavy (non-hydrogen) atoms. The van der Waals surface area contributed by atoms with Crippen LogP contribution < -0.4 is 0 Å². The molecule has 1 aromatic rings. The fourth-order valence-corrected chi connectivity index (χ4v) is 1.83. The van der Waals surface area contributed by atoms with E-state index in [2.05, 4.69) is 6.07 Å². The molecule has 0 spiro atoms. The van der Waals surface area contributed by atoms with Crippen LogP contribution in [-0.4, -0.2) is 11.1 Å². The Morgan fingerprint density at radius 1 is 1.50 bits per heavy atom. The zero-order valence-corrected chi connectivity index (χ0v) is 8.29. The molecular formula is C12H14O2. The number of carboxylic acids is 1. The van der Waals surface area contributed by atoms with Gasteiger partial charge in [-0.05, 0) is 31.7 Å². The van der Waals surface area contributed by atoms with Gasteiger partial charge in [0.15, 0.2) is 0 Å². The van der Waals surface area contributed by atoms with Gasteiger partial charge in [0.05, 0.1) is 5.41 Å². The van der Waals surface area contributed by atoms with Crippen molar-refractivity contribution in [3.05, 3.63) is 35.4 Å². The van der Waals surface area contributed by atoms with E-state index in [1.54, 1.807) is 0 Å². The summed E-state index contributed by atoms with van der Waals surface area (Å²) in [5.41, 5.74) is 1.90. The SMILES string of the molecule is Cc1cccc(CC2(C(=O)O)CC2)c1. The lowest BCUT2D eigenvalue weighted by molar-refractivity contribution is -0.143. The molecule has 1 N–H and O–H groups in total. The van der Waals surface area contributed by atoms with E-state index in [0.29, 0.717) is 6.42 Å². The molecule has 2 rings (SSSR count). The second-order valence-electron chi connectivity index (χ2n) is 4.25. The summed E-state index contributed by atoms with van der Waals surface area (Å²) in [4.78, 5) is 11.0. The lowest BCUT2D eigenvalue weighted by Crippen LogP contribution is -2.17. The predicted octanol–water partition coefficient (Wildman–Crippen LogP) is 2.40. The van der Waals surface area contributed by atoms with Gasteiger partial charge in [-0.1, -0.05) is 29.8 Å². The number of aliphatic carboxylic acids is 1. The molecule has 0 radical (unpaired) electrons. The van der Waals surface area contributed by atoms with Crippen LogP contribution in [0.25, 0.3) is 0 Å². The third kappa shape index (κ3) is 1.65. The summed E-state index contributed by atoms with van der Waals surface area (Å²) < 4.78 is 0. The molecule has 1 fully saturated rings. The Kier molecular flexibility index (Phi) is 2.06. The maximum absolute atomic E-state index is 11.0. The number of benzene rings is 1. The van der Waals surface area contributed by atoms with Crippen molar-refractivity contribution < 1.29 is 9.90 Å². The van der Waals surface area contributed by atoms with Crippen LogP contribution in [0.1, 0.15) is 24.0 Å². The highest BCUT2D eigenvalue weighted by Gasteiger charge is 2.49. The van der Waals surface area contributed by atoms with Crippen LogP contribution in [0.4, 0.5) is 0 Å². The highest BCUT2D eigenvalue weighted by molar-refractivity contribution is 5.78. The maximum atomic E-state index is 11.0. The smallest absolute Gasteiger partial charge is 0.309 e. The molecule has 0 atom stereocenters. The Hall–Kier alpha value is -1.31. The van der Waals surface area contributed by atoms with Crippen LogP contribution in [0.3, 0.4) is 0 Å². The van der Waals surface area contributed by atoms with E-state index in [-0.39, 0.29) is 0 Å². The monoisotopic (exact) mass is 190 g/mol. The van der Waals surface area contributed by atoms with Crippen LogP contribution in [0, 0.1) is 12.3 Å². The minimum atomic E-state index is -0.640. The normalized spacial score (nSPS) is 17.8. The Morgan fingerprint density at radius 3 is 2.71 bits per heavy atom. The molecule has 0 bridgehead atoms. The van der Waals surface area contributed by atoms with E-state index >= 15 is 0 Å². The molecule has 0 aliphatic heterocycles. The second-order valence-corrected chi connectivity index (χ2v) is 4.25. The Morgan fingerprint density at radius 2 is 2.21 bits per heavy atom. The third-order valence-corrected chi connectivity index (χ3v) is 2.93. The van der Waals surface area contributed by atoms with Crippen molar-refractivity contribution in [2.75, 3.05) is 0 Å². The fraction of sp³-hybridized carbons (Fsp3) is 0.417. The Labute approximate surface area is 83.6 Å². The van der Waals surface area contributed by atoms with E-state index in [9.17, 15) is 4.79 Å². The van der Waals surface area contributed by atoms with Crippen molar-refractivity contribution >= 4 is 5.97 Å². The average Bonchev–Trinajstić information content (AvgIpc) is 2.85. The first-order valence-corrected chi connectivity index (χ1v) is 4.91. The molecule has 0 heterocycles. The molecule has 0 unspecified atom stereocenters. The van der Waals surface area contributed by atoms with Crippen LogP contribution in [0.2, 0.25) is 0 Å². The summed E-state index contributed by atoms with van der Waals surface area (Å²) in [6.45, 7) is 2.03. The zero-order chi connectivity index (χ0) is 10.2. The molecule has 1 aromatic carbocycles. The van der Waals surface area contributed by atoms with E-state index in [0.717, 1.165) is 18.4 Å². The van der Waals surface area contributed by atoms with Gasteiger partial charge >= 0.3 is 5.97 Å². The lowest BCUT2D eigenvalue weighted by Gasteiger charge is -2.09. The highest BCUT2D eigenvalue weighted by Crippen LogP contribution is 2.48. The van der Waals surface area contributed by atoms with Gasteiger partial charge in [0.25, 0.3) is 0 Å². The minimum absolute atomic E-state index is 0.437. The molecule has 74 valence electrons. The van der Waals surface area contributed by atoms with Gasteiger partial charge in [0, 0.05) is 0 Å². The van der Waals surface area contributed by atoms with Gasteiger partial charge in [0.1, 0.15) is 0 Å². The topological polar surface area (TPSA) is 37.3 Å². The number of hydrogen-bond donors (Lipinski definition) is 1. The largest absolute Gasteiger partial charge is 0.481 e. The lowest BCUT2D eigenvalue weighted by atomic mass is 9.96. The summed E-state index contributed by atoms with van der Waals surface area (Å²) in [7, 11) is 0. The van der Waals surface area contributed by atoms with Gasteiger partial charge in [-0.3, -0.25) is 4.79 Å². The van der Waals surface area contributed by atoms with Crippen LogP contribution in [-0.2, 0) is 11.2 Å². The summed E-state index contributed by atoms with van der Waals surface area (Å²) >= 11 is 0. The number of carboxylic acid groups (broad SMARTS) is 1. The van der Waals surface area contributed by atoms with Gasteiger partial charge in [-0.2, -0.15) is 0 Å². The summed E-state index contributed by atoms with van der Waals surface area (Å²) in [5, 5.41) is 9.03. The second kappa shape index (κ2) is 3.12. The van der Waals surface area contributed by atoms with E-state index in [4.69, 9.17) is 5.11 Å². The number of aryl methyl sites for hydroxylation is 1. The van der Waals surface area contributed by atoms with Gasteiger partial charge < -0.3 is 5.11 Å². The van der Waals surface area contributed by atoms with Crippen molar-refractivity contribution in [2.24, 2.45) is 5.41 Å². The van der Waals surface area contributed by atoms with Gasteiger partial charge in [0.2, 0.25) is 0 Å². The first-order valence-electron chi connectivity index (χ1n) is 4.91. The molecule has 1 aliphatic carbocycles. The minimum Gasteiger partial charge on any atom is -0.481 e. The zero-order valence-electron chi connectivity index (χ0n) is 8.29. The third-order valence-electron chi connectivity index (χ3n) is 2.93. The van der Waals surface area contributed by atoms with Crippen molar-refractivity contribution in [1.82, 2.24) is 0 Å². The van der Waals surface area contributed by atoms with Crippen LogP contribution in [0.5, 0.6) is 0 Å². The summed E-state index contributed by atoms with van der Waals surface area (Å²) in [6, 6.07) is 8.10. The molecule has 0 amide bonds. The van der Waals surface area contributed by atoms with E-state index < -0.39 is 11.4 Å². The first kappa shape index (κ1) is 9.25. The Bertz CT molecular complexity index is 364. The van der Waals surface area contributed by atoms with Gasteiger partial charge in [-0.25, -0.2) is 0 Å². The van der Waals surface area contributed by atoms with E-state index in [1.807, 2.05) is 25.1 Å². The van der Waals surface area contributed by atoms with Crippen molar-refractivity contribution in [1.29, 1.82) is 0 Å². The van der Waals surface area contributed by atoms with Crippen molar-refractivity contribution in [3.8, 4) is 0 Å². The van der Waals surface area contributed by atoms with E-state index in [1.165, 1.54) is 5.56 Å². The fourth-order valence-electron chi connectivity index (χ4n) is 1.83.